The number of carbonyl (C=O) groups is 2. The van der Waals surface area contributed by atoms with E-state index in [0.29, 0.717) is 52.6 Å². The van der Waals surface area contributed by atoms with Crippen molar-refractivity contribution in [1.29, 1.82) is 0 Å². The van der Waals surface area contributed by atoms with E-state index in [4.69, 9.17) is 46.4 Å². The number of amides is 2. The topological polar surface area (TPSA) is 61.4 Å². The molecule has 1 aliphatic carbocycles. The summed E-state index contributed by atoms with van der Waals surface area (Å²) in [6.45, 7) is 3.90. The first-order chi connectivity index (χ1) is 15.7. The molecule has 9 heteroatoms. The van der Waals surface area contributed by atoms with Gasteiger partial charge in [0.05, 0.1) is 5.41 Å². The van der Waals surface area contributed by atoms with E-state index in [1.54, 1.807) is 41.3 Å². The molecule has 2 atom stereocenters. The van der Waals surface area contributed by atoms with Crippen LogP contribution in [0.5, 0.6) is 0 Å². The highest BCUT2D eigenvalue weighted by Gasteiger charge is 2.53. The number of nitrogens with one attached hydrogen (secondary N) is 2. The molecule has 0 spiro atoms. The summed E-state index contributed by atoms with van der Waals surface area (Å²) < 4.78 is 0. The van der Waals surface area contributed by atoms with Gasteiger partial charge in [0.25, 0.3) is 0 Å². The summed E-state index contributed by atoms with van der Waals surface area (Å²) in [6.07, 6.45) is 1.59. The molecule has 2 N–H and O–H groups in total. The lowest BCUT2D eigenvalue weighted by atomic mass is 9.93. The summed E-state index contributed by atoms with van der Waals surface area (Å²) in [5.41, 5.74) is 0.732. The highest BCUT2D eigenvalue weighted by molar-refractivity contribution is 6.35. The fourth-order valence-corrected chi connectivity index (χ4v) is 5.45. The molecule has 1 heterocycles. The van der Waals surface area contributed by atoms with Crippen LogP contribution in [0.15, 0.2) is 36.4 Å². The predicted octanol–water partition coefficient (Wildman–Crippen LogP) is 4.88. The molecule has 2 fully saturated rings. The molecule has 2 aromatic rings. The van der Waals surface area contributed by atoms with Crippen molar-refractivity contribution in [3.05, 3.63) is 67.6 Å². The molecule has 1 saturated carbocycles. The second-order valence-corrected chi connectivity index (χ2v) is 10.5. The van der Waals surface area contributed by atoms with Crippen LogP contribution in [-0.4, -0.2) is 48.4 Å². The van der Waals surface area contributed by atoms with Crippen molar-refractivity contribution in [3.8, 4) is 0 Å². The Morgan fingerprint density at radius 3 is 2.36 bits per heavy atom. The Balaban J connectivity index is 1.60. The van der Waals surface area contributed by atoms with Crippen molar-refractivity contribution in [2.75, 3.05) is 19.6 Å². The molecule has 176 valence electrons. The first-order valence-electron chi connectivity index (χ1n) is 10.9. The minimum Gasteiger partial charge on any atom is -0.343 e. The third kappa shape index (κ3) is 5.44. The van der Waals surface area contributed by atoms with Crippen LogP contribution in [0.4, 0.5) is 0 Å². The van der Waals surface area contributed by atoms with E-state index in [-0.39, 0.29) is 24.3 Å². The fourth-order valence-electron chi connectivity index (χ4n) is 4.38. The van der Waals surface area contributed by atoms with Gasteiger partial charge in [-0.3, -0.25) is 9.59 Å². The van der Waals surface area contributed by atoms with Gasteiger partial charge >= 0.3 is 0 Å². The molecule has 0 radical (unpaired) electrons. The molecule has 2 amide bonds. The van der Waals surface area contributed by atoms with Gasteiger partial charge in [-0.05, 0) is 55.2 Å². The Labute approximate surface area is 213 Å². The highest BCUT2D eigenvalue weighted by atomic mass is 35.5. The van der Waals surface area contributed by atoms with E-state index in [1.165, 1.54) is 0 Å². The zero-order valence-corrected chi connectivity index (χ0v) is 21.2. The fraction of sp³-hybridized carbons (Fsp3) is 0.417. The van der Waals surface area contributed by atoms with Crippen molar-refractivity contribution >= 4 is 58.2 Å². The summed E-state index contributed by atoms with van der Waals surface area (Å²) in [5.74, 6) is -0.334. The van der Waals surface area contributed by atoms with Gasteiger partial charge in [-0.1, -0.05) is 58.5 Å². The van der Waals surface area contributed by atoms with Crippen molar-refractivity contribution in [3.63, 3.8) is 0 Å². The van der Waals surface area contributed by atoms with E-state index in [9.17, 15) is 9.59 Å². The van der Waals surface area contributed by atoms with Crippen LogP contribution in [0.2, 0.25) is 20.1 Å². The lowest BCUT2D eigenvalue weighted by molar-refractivity contribution is -0.138. The Hall–Kier alpha value is -1.50. The maximum Gasteiger partial charge on any atom is 0.245 e. The standard InChI is InChI=1S/C24H25Cl4N3O2/c1-14-13-31(9-8-29-14)22(32)21(10-15-2-3-16(25)11-19(15)27)30-23(33)24(6-7-24)18-5-4-17(26)12-20(18)28/h2-5,11-12,14,21,29H,6-10,13H2,1H3,(H,30,33)/t14-,21+/m1/s1. The highest BCUT2D eigenvalue weighted by Crippen LogP contribution is 2.51. The van der Waals surface area contributed by atoms with Gasteiger partial charge < -0.3 is 15.5 Å². The van der Waals surface area contributed by atoms with E-state index in [1.807, 2.05) is 6.92 Å². The van der Waals surface area contributed by atoms with Crippen LogP contribution >= 0.6 is 46.4 Å². The average molecular weight is 529 g/mol. The van der Waals surface area contributed by atoms with Gasteiger partial charge in [0.1, 0.15) is 6.04 Å². The quantitative estimate of drug-likeness (QED) is 0.561. The second kappa shape index (κ2) is 10.0. The van der Waals surface area contributed by atoms with Gasteiger partial charge in [0, 0.05) is 52.2 Å². The number of nitrogens with zero attached hydrogens (tertiary/aromatic N) is 1. The molecular weight excluding hydrogens is 504 g/mol. The molecule has 4 rings (SSSR count). The number of hydrogen-bond acceptors (Lipinski definition) is 3. The lowest BCUT2D eigenvalue weighted by Crippen LogP contribution is -2.58. The van der Waals surface area contributed by atoms with Crippen LogP contribution in [0.25, 0.3) is 0 Å². The Bertz CT molecular complexity index is 1070. The number of hydrogen-bond donors (Lipinski definition) is 2. The predicted molar refractivity (Wildman–Crippen MR) is 134 cm³/mol. The van der Waals surface area contributed by atoms with Crippen LogP contribution in [0, 0.1) is 0 Å². The van der Waals surface area contributed by atoms with Crippen molar-refractivity contribution < 1.29 is 9.59 Å². The van der Waals surface area contributed by atoms with E-state index in [2.05, 4.69) is 10.6 Å². The normalized spacial score (nSPS) is 20.3. The van der Waals surface area contributed by atoms with Crippen molar-refractivity contribution in [2.45, 2.75) is 43.7 Å². The molecule has 0 aromatic heterocycles. The van der Waals surface area contributed by atoms with Crippen LogP contribution < -0.4 is 10.6 Å². The second-order valence-electron chi connectivity index (χ2n) is 8.81. The zero-order chi connectivity index (χ0) is 23.8. The van der Waals surface area contributed by atoms with Gasteiger partial charge in [-0.25, -0.2) is 0 Å². The summed E-state index contributed by atoms with van der Waals surface area (Å²) in [6, 6.07) is 9.76. The molecule has 2 aliphatic rings. The number of rotatable bonds is 6. The zero-order valence-electron chi connectivity index (χ0n) is 18.1. The number of halogens is 4. The Kier molecular flexibility index (Phi) is 7.47. The smallest absolute Gasteiger partial charge is 0.245 e. The maximum absolute atomic E-state index is 13.5. The summed E-state index contributed by atoms with van der Waals surface area (Å²) in [4.78, 5) is 28.8. The molecule has 0 bridgehead atoms. The van der Waals surface area contributed by atoms with Crippen LogP contribution in [0.3, 0.4) is 0 Å². The lowest BCUT2D eigenvalue weighted by Gasteiger charge is -2.35. The first-order valence-corrected chi connectivity index (χ1v) is 12.4. The third-order valence-corrected chi connectivity index (χ3v) is 7.49. The SMILES string of the molecule is C[C@@H]1CN(C(=O)[C@H](Cc2ccc(Cl)cc2Cl)NC(=O)C2(c3ccc(Cl)cc3Cl)CC2)CCN1. The van der Waals surface area contributed by atoms with Gasteiger partial charge in [0.2, 0.25) is 11.8 Å². The van der Waals surface area contributed by atoms with Crippen molar-refractivity contribution in [2.24, 2.45) is 0 Å². The molecule has 2 aromatic carbocycles. The number of piperazine rings is 1. The van der Waals surface area contributed by atoms with Gasteiger partial charge in [-0.15, -0.1) is 0 Å². The third-order valence-electron chi connectivity index (χ3n) is 6.35. The Morgan fingerprint density at radius 2 is 1.76 bits per heavy atom. The first kappa shape index (κ1) is 24.6. The average Bonchev–Trinajstić information content (AvgIpc) is 3.56. The molecule has 0 unspecified atom stereocenters. The largest absolute Gasteiger partial charge is 0.343 e. The van der Waals surface area contributed by atoms with Crippen molar-refractivity contribution in [1.82, 2.24) is 15.5 Å². The number of benzene rings is 2. The van der Waals surface area contributed by atoms with Gasteiger partial charge in [-0.2, -0.15) is 0 Å². The van der Waals surface area contributed by atoms with Gasteiger partial charge in [0.15, 0.2) is 0 Å². The van der Waals surface area contributed by atoms with Crippen LogP contribution in [0.1, 0.15) is 30.9 Å². The monoisotopic (exact) mass is 527 g/mol. The summed E-state index contributed by atoms with van der Waals surface area (Å²) >= 11 is 24.9. The Morgan fingerprint density at radius 1 is 1.09 bits per heavy atom. The molecule has 1 saturated heterocycles. The molecule has 5 nitrogen and oxygen atoms in total. The minimum atomic E-state index is -0.759. The van der Waals surface area contributed by atoms with E-state index >= 15 is 0 Å². The van der Waals surface area contributed by atoms with Crippen LogP contribution in [-0.2, 0) is 21.4 Å². The minimum absolute atomic E-state index is 0.124. The van der Waals surface area contributed by atoms with E-state index < -0.39 is 11.5 Å². The maximum atomic E-state index is 13.5. The van der Waals surface area contributed by atoms with E-state index in [0.717, 1.165) is 11.1 Å². The molecule has 33 heavy (non-hydrogen) atoms. The number of carbonyl (C=O) groups excluding carboxylic acids is 2. The molecule has 1 aliphatic heterocycles. The molecular formula is C24H25Cl4N3O2. The summed E-state index contributed by atoms with van der Waals surface area (Å²) in [5, 5.41) is 8.31. The summed E-state index contributed by atoms with van der Waals surface area (Å²) in [7, 11) is 0.